The van der Waals surface area contributed by atoms with E-state index in [0.29, 0.717) is 12.0 Å². The molecule has 0 aliphatic carbocycles. The monoisotopic (exact) mass is 544 g/mol. The number of esters is 1. The molecule has 1 fully saturated rings. The molecule has 2 rings (SSSR count). The molecule has 3 unspecified atom stereocenters. The summed E-state index contributed by atoms with van der Waals surface area (Å²) in [6.07, 6.45) is 0.338. The fourth-order valence-corrected chi connectivity index (χ4v) is 6.30. The average molecular weight is 547 g/mol. The highest BCUT2D eigenvalue weighted by Crippen LogP contribution is 2.43. The lowest BCUT2D eigenvalue weighted by Gasteiger charge is -2.50. The van der Waals surface area contributed by atoms with E-state index in [9.17, 15) is 18.9 Å². The van der Waals surface area contributed by atoms with Gasteiger partial charge in [0, 0.05) is 10.9 Å². The molecule has 0 aromatic heterocycles. The van der Waals surface area contributed by atoms with E-state index < -0.39 is 49.0 Å². The molecule has 134 valence electrons. The van der Waals surface area contributed by atoms with Gasteiger partial charge in [-0.2, -0.15) is 0 Å². The van der Waals surface area contributed by atoms with E-state index >= 15 is 0 Å². The number of hydrogen-bond donors (Lipinski definition) is 1. The van der Waals surface area contributed by atoms with Crippen molar-refractivity contribution in [3.63, 3.8) is 0 Å². The van der Waals surface area contributed by atoms with Gasteiger partial charge in [0.15, 0.2) is 10.2 Å². The van der Waals surface area contributed by atoms with Gasteiger partial charge in [-0.1, -0.05) is 50.7 Å². The van der Waals surface area contributed by atoms with Crippen molar-refractivity contribution in [1.82, 2.24) is 10.2 Å². The van der Waals surface area contributed by atoms with Crippen molar-refractivity contribution in [3.8, 4) is 0 Å². The highest BCUT2D eigenvalue weighted by atomic mass is 79.9. The molecule has 0 aromatic carbocycles. The summed E-state index contributed by atoms with van der Waals surface area (Å²) in [7, 11) is 0. The van der Waals surface area contributed by atoms with Gasteiger partial charge in [-0.3, -0.25) is 14.5 Å². The largest absolute Gasteiger partial charge is 0.614 e. The molecule has 13 heteroatoms. The van der Waals surface area contributed by atoms with Gasteiger partial charge in [0.05, 0.1) is 0 Å². The van der Waals surface area contributed by atoms with E-state index in [4.69, 9.17) is 39.5 Å². The lowest BCUT2D eigenvalue weighted by atomic mass is 10.0. The molecule has 4 atom stereocenters. The number of carbonyl (C=O) groups excluding carboxylic acids is 3. The fourth-order valence-electron chi connectivity index (χ4n) is 2.26. The summed E-state index contributed by atoms with van der Waals surface area (Å²) in [5, 5.41) is 1.57. The van der Waals surface area contributed by atoms with E-state index in [1.165, 1.54) is 0 Å². The van der Waals surface area contributed by atoms with E-state index in [1.54, 1.807) is 0 Å². The second-order valence-corrected chi connectivity index (χ2v) is 10.9. The first kappa shape index (κ1) is 20.6. The predicted molar refractivity (Wildman–Crippen MR) is 96.5 cm³/mol. The van der Waals surface area contributed by atoms with Crippen LogP contribution in [0.1, 0.15) is 0 Å². The van der Waals surface area contributed by atoms with Gasteiger partial charge in [-0.25, -0.2) is 4.79 Å². The van der Waals surface area contributed by atoms with Crippen LogP contribution in [0.3, 0.4) is 0 Å². The molecule has 24 heavy (non-hydrogen) atoms. The average Bonchev–Trinajstić information content (AvgIpc) is 2.51. The van der Waals surface area contributed by atoms with Crippen LogP contribution in [0.2, 0.25) is 0 Å². The van der Waals surface area contributed by atoms with Crippen LogP contribution in [-0.4, -0.2) is 59.0 Å². The van der Waals surface area contributed by atoms with E-state index in [1.807, 2.05) is 0 Å². The minimum Gasteiger partial charge on any atom is -0.614 e. The van der Waals surface area contributed by atoms with Crippen LogP contribution in [-0.2, 0) is 30.3 Å². The molecular weight excluding hydrogens is 538 g/mol. The van der Waals surface area contributed by atoms with Crippen molar-refractivity contribution < 1.29 is 23.7 Å². The molecule has 0 spiro atoms. The summed E-state index contributed by atoms with van der Waals surface area (Å²) < 4.78 is 14.9. The molecule has 0 radical (unpaired) electrons. The summed E-state index contributed by atoms with van der Waals surface area (Å²) in [5.41, 5.74) is 0.276. The topological polar surface area (TPSA) is 98.8 Å². The summed E-state index contributed by atoms with van der Waals surface area (Å²) in [6, 6.07) is -0.976. The first-order valence-corrected chi connectivity index (χ1v) is 10.7. The molecular formula is C11H9Br2Cl3N2O5S. The van der Waals surface area contributed by atoms with E-state index in [2.05, 4.69) is 37.2 Å². The number of fused-ring (bicyclic) bond motifs is 1. The van der Waals surface area contributed by atoms with Crippen LogP contribution < -0.4 is 5.32 Å². The lowest BCUT2D eigenvalue weighted by molar-refractivity contribution is -0.152. The van der Waals surface area contributed by atoms with Gasteiger partial charge < -0.3 is 14.6 Å². The Labute approximate surface area is 171 Å². The lowest BCUT2D eigenvalue weighted by Crippen LogP contribution is -2.74. The minimum absolute atomic E-state index is 0.0819. The Hall–Kier alpha value is 0.290. The third kappa shape index (κ3) is 3.84. The van der Waals surface area contributed by atoms with Crippen molar-refractivity contribution in [2.45, 2.75) is 19.4 Å². The van der Waals surface area contributed by atoms with Crippen LogP contribution in [0.4, 0.5) is 0 Å². The number of alkyl halides is 5. The molecule has 2 amide bonds. The number of hydrogen-bond acceptors (Lipinski definition) is 5. The zero-order valence-corrected chi connectivity index (χ0v) is 17.8. The fraction of sp³-hybridized carbons (Fsp3) is 0.545. The standard InChI is InChI=1S/C11H9Br2Cl3N2O5S/c12-1-4-6(10(21)23-2-11(14,15)16)18-8(20)5(17-3-19)9(18)24(22)7(4)13/h3,5,7,9H,1-2H2,(H,17,19)/t5?,7?,9-,24?/m1/s1. The summed E-state index contributed by atoms with van der Waals surface area (Å²) in [4.78, 5) is 36.3. The third-order valence-corrected chi connectivity index (χ3v) is 7.50. The number of rotatable bonds is 5. The first-order valence-electron chi connectivity index (χ1n) is 6.23. The second kappa shape index (κ2) is 7.89. The van der Waals surface area contributed by atoms with Gasteiger partial charge in [0.2, 0.25) is 15.6 Å². The zero-order valence-electron chi connectivity index (χ0n) is 11.5. The van der Waals surface area contributed by atoms with Gasteiger partial charge >= 0.3 is 5.97 Å². The highest BCUT2D eigenvalue weighted by Gasteiger charge is 2.63. The van der Waals surface area contributed by atoms with Gasteiger partial charge in [0.25, 0.3) is 5.91 Å². The summed E-state index contributed by atoms with van der Waals surface area (Å²) >= 11 is 21.5. The summed E-state index contributed by atoms with van der Waals surface area (Å²) in [5.74, 6) is -1.46. The van der Waals surface area contributed by atoms with Crippen LogP contribution in [0, 0.1) is 0 Å². The maximum Gasteiger partial charge on any atom is 0.355 e. The highest BCUT2D eigenvalue weighted by molar-refractivity contribution is 9.11. The number of carbonyl (C=O) groups is 3. The Bertz CT molecular complexity index is 603. The quantitative estimate of drug-likeness (QED) is 0.184. The maximum atomic E-state index is 12.5. The number of nitrogens with one attached hydrogen (secondary N) is 1. The zero-order chi connectivity index (χ0) is 18.2. The Morgan fingerprint density at radius 1 is 1.50 bits per heavy atom. The Morgan fingerprint density at radius 2 is 2.12 bits per heavy atom. The normalized spacial score (nSPS) is 29.8. The molecule has 2 aliphatic rings. The molecule has 2 heterocycles. The molecule has 0 saturated carbocycles. The second-order valence-electron chi connectivity index (χ2n) is 4.70. The molecule has 1 saturated heterocycles. The van der Waals surface area contributed by atoms with Gasteiger partial charge in [0.1, 0.15) is 12.3 Å². The van der Waals surface area contributed by atoms with Crippen LogP contribution in [0.5, 0.6) is 0 Å². The Balaban J connectivity index is 2.35. The van der Waals surface area contributed by atoms with Gasteiger partial charge in [-0.05, 0) is 27.1 Å². The third-order valence-electron chi connectivity index (χ3n) is 3.26. The van der Waals surface area contributed by atoms with E-state index in [0.717, 1.165) is 4.90 Å². The van der Waals surface area contributed by atoms with Crippen LogP contribution >= 0.6 is 66.7 Å². The number of halogens is 5. The SMILES string of the molecule is O=CNC1C(=O)N2C(C(=O)OCC(Cl)(Cl)Cl)=C(CBr)C(Br)[S+]([O-])[C@H]12. The van der Waals surface area contributed by atoms with Crippen molar-refractivity contribution in [2.24, 2.45) is 0 Å². The number of ether oxygens (including phenoxy) is 1. The van der Waals surface area contributed by atoms with Crippen molar-refractivity contribution >= 4 is 96.1 Å². The van der Waals surface area contributed by atoms with Crippen molar-refractivity contribution in [1.29, 1.82) is 0 Å². The Morgan fingerprint density at radius 3 is 2.62 bits per heavy atom. The molecule has 2 aliphatic heterocycles. The summed E-state index contributed by atoms with van der Waals surface area (Å²) in [6.45, 7) is -0.520. The Kier molecular flexibility index (Phi) is 6.77. The smallest absolute Gasteiger partial charge is 0.355 e. The minimum atomic E-state index is -1.81. The van der Waals surface area contributed by atoms with Crippen molar-refractivity contribution in [2.75, 3.05) is 11.9 Å². The number of amides is 2. The predicted octanol–water partition coefficient (Wildman–Crippen LogP) is 1.31. The maximum absolute atomic E-state index is 12.5. The van der Waals surface area contributed by atoms with E-state index in [-0.39, 0.29) is 11.0 Å². The first-order chi connectivity index (χ1) is 11.1. The number of nitrogens with zero attached hydrogens (tertiary/aromatic N) is 1. The van der Waals surface area contributed by atoms with Crippen LogP contribution in [0.25, 0.3) is 0 Å². The molecule has 1 N–H and O–H groups in total. The molecule has 7 nitrogen and oxygen atoms in total. The van der Waals surface area contributed by atoms with Crippen LogP contribution in [0.15, 0.2) is 11.3 Å². The van der Waals surface area contributed by atoms with Gasteiger partial charge in [-0.15, -0.1) is 0 Å². The molecule has 0 aromatic rings. The van der Waals surface area contributed by atoms with Crippen molar-refractivity contribution in [3.05, 3.63) is 11.3 Å². The molecule has 0 bridgehead atoms. The number of β-lactam (4-membered cyclic amide) rings is 1.